The highest BCUT2D eigenvalue weighted by molar-refractivity contribution is 7.89. The highest BCUT2D eigenvalue weighted by Crippen LogP contribution is 2.21. The largest absolute Gasteiger partial charge is 0.339 e. The molecule has 30 heavy (non-hydrogen) atoms. The number of hydrogen-bond acceptors (Lipinski definition) is 5. The van der Waals surface area contributed by atoms with Crippen molar-refractivity contribution in [2.75, 3.05) is 52.4 Å². The van der Waals surface area contributed by atoms with E-state index in [-0.39, 0.29) is 39.3 Å². The van der Waals surface area contributed by atoms with Gasteiger partial charge < -0.3 is 14.7 Å². The molecule has 0 unspecified atom stereocenters. The van der Waals surface area contributed by atoms with Crippen molar-refractivity contribution in [3.8, 4) is 0 Å². The van der Waals surface area contributed by atoms with Gasteiger partial charge in [0.25, 0.3) is 0 Å². The van der Waals surface area contributed by atoms with E-state index < -0.39 is 44.3 Å². The lowest BCUT2D eigenvalue weighted by atomic mass is 10.2. The smallest absolute Gasteiger partial charge is 0.312 e. The van der Waals surface area contributed by atoms with Crippen LogP contribution in [0.3, 0.4) is 0 Å². The van der Waals surface area contributed by atoms with Crippen LogP contribution in [-0.4, -0.2) is 97.5 Å². The van der Waals surface area contributed by atoms with Gasteiger partial charge in [-0.05, 0) is 19.1 Å². The molecule has 0 aliphatic carbocycles. The monoisotopic (exact) mass is 444 g/mol. The van der Waals surface area contributed by atoms with Crippen LogP contribution in [0.25, 0.3) is 0 Å². The van der Waals surface area contributed by atoms with Gasteiger partial charge in [-0.3, -0.25) is 14.4 Å². The average molecular weight is 444 g/mol. The maximum Gasteiger partial charge on any atom is 0.312 e. The Morgan fingerprint density at radius 3 is 2.17 bits per heavy atom. The van der Waals surface area contributed by atoms with Crippen LogP contribution in [-0.2, 0) is 24.4 Å². The number of likely N-dealkylation sites (N-methyl/N-ethyl adjacent to an activating group) is 1. The van der Waals surface area contributed by atoms with Crippen molar-refractivity contribution >= 4 is 27.7 Å². The lowest BCUT2D eigenvalue weighted by Gasteiger charge is -2.37. The quantitative estimate of drug-likeness (QED) is 0.570. The Balaban J connectivity index is 1.59. The standard InChI is InChI=1S/C18H22F2N4O5S/c1-2-21-5-6-23(18(27)17(21)26)12-16(25)22-7-9-24(10-8-22)30(28,29)15-4-3-13(19)11-14(15)20/h3-4,11H,2,5-10,12H2,1H3. The van der Waals surface area contributed by atoms with Crippen molar-refractivity contribution in [1.82, 2.24) is 19.0 Å². The first kappa shape index (κ1) is 22.1. The van der Waals surface area contributed by atoms with Crippen LogP contribution in [0.4, 0.5) is 8.78 Å². The van der Waals surface area contributed by atoms with Crippen LogP contribution in [0.15, 0.2) is 23.1 Å². The third kappa shape index (κ3) is 4.29. The molecule has 164 valence electrons. The summed E-state index contributed by atoms with van der Waals surface area (Å²) in [5.74, 6) is -3.83. The van der Waals surface area contributed by atoms with Crippen molar-refractivity contribution in [3.63, 3.8) is 0 Å². The fourth-order valence-electron chi connectivity index (χ4n) is 3.43. The number of amides is 3. The molecule has 9 nitrogen and oxygen atoms in total. The van der Waals surface area contributed by atoms with Gasteiger partial charge in [-0.15, -0.1) is 0 Å². The topological polar surface area (TPSA) is 98.3 Å². The van der Waals surface area contributed by atoms with Crippen molar-refractivity contribution in [2.45, 2.75) is 11.8 Å². The van der Waals surface area contributed by atoms with Crippen LogP contribution < -0.4 is 0 Å². The number of hydrogen-bond donors (Lipinski definition) is 0. The number of carbonyl (C=O) groups is 3. The molecule has 2 heterocycles. The van der Waals surface area contributed by atoms with Gasteiger partial charge in [-0.1, -0.05) is 0 Å². The molecule has 3 amide bonds. The second-order valence-electron chi connectivity index (χ2n) is 6.97. The second-order valence-corrected chi connectivity index (χ2v) is 8.88. The van der Waals surface area contributed by atoms with E-state index in [1.54, 1.807) is 6.92 Å². The average Bonchev–Trinajstić information content (AvgIpc) is 2.71. The summed E-state index contributed by atoms with van der Waals surface area (Å²) in [6, 6.07) is 2.24. The van der Waals surface area contributed by atoms with Gasteiger partial charge in [-0.25, -0.2) is 17.2 Å². The van der Waals surface area contributed by atoms with E-state index in [2.05, 4.69) is 0 Å². The molecule has 12 heteroatoms. The summed E-state index contributed by atoms with van der Waals surface area (Å²) in [6.45, 7) is 2.49. The number of benzene rings is 1. The Hall–Kier alpha value is -2.60. The summed E-state index contributed by atoms with van der Waals surface area (Å²) < 4.78 is 53.2. The van der Waals surface area contributed by atoms with Crippen molar-refractivity contribution in [1.29, 1.82) is 0 Å². The molecule has 0 N–H and O–H groups in total. The molecule has 0 aromatic heterocycles. The van der Waals surface area contributed by atoms with Gasteiger partial charge in [0.1, 0.15) is 23.1 Å². The van der Waals surface area contributed by atoms with E-state index in [1.807, 2.05) is 0 Å². The molecule has 0 radical (unpaired) electrons. The second kappa shape index (κ2) is 8.64. The minimum absolute atomic E-state index is 0.0535. The van der Waals surface area contributed by atoms with Crippen molar-refractivity contribution < 1.29 is 31.6 Å². The lowest BCUT2D eigenvalue weighted by molar-refractivity contribution is -0.157. The number of carbonyl (C=O) groups excluding carboxylic acids is 3. The maximum absolute atomic E-state index is 13.9. The summed E-state index contributed by atoms with van der Waals surface area (Å²) in [5.41, 5.74) is 0. The van der Waals surface area contributed by atoms with E-state index >= 15 is 0 Å². The number of halogens is 2. The molecule has 0 saturated carbocycles. The molecule has 2 fully saturated rings. The van der Waals surface area contributed by atoms with Gasteiger partial charge in [0.05, 0.1) is 0 Å². The maximum atomic E-state index is 13.9. The summed E-state index contributed by atoms with van der Waals surface area (Å²) in [5, 5.41) is 0. The Kier molecular flexibility index (Phi) is 6.36. The van der Waals surface area contributed by atoms with Crippen molar-refractivity contribution in [3.05, 3.63) is 29.8 Å². The number of rotatable bonds is 5. The minimum atomic E-state index is -4.17. The van der Waals surface area contributed by atoms with Gasteiger partial charge in [0.15, 0.2) is 0 Å². The van der Waals surface area contributed by atoms with E-state index in [9.17, 15) is 31.6 Å². The summed E-state index contributed by atoms with van der Waals surface area (Å²) in [4.78, 5) is 40.0. The Morgan fingerprint density at radius 2 is 1.57 bits per heavy atom. The molecule has 0 atom stereocenters. The molecule has 2 saturated heterocycles. The first-order valence-electron chi connectivity index (χ1n) is 9.46. The van der Waals surface area contributed by atoms with Crippen LogP contribution in [0, 0.1) is 11.6 Å². The predicted molar refractivity (Wildman–Crippen MR) is 101 cm³/mol. The third-order valence-electron chi connectivity index (χ3n) is 5.21. The normalized spacial score (nSPS) is 18.8. The van der Waals surface area contributed by atoms with E-state index in [1.165, 1.54) is 14.7 Å². The molecule has 1 aromatic carbocycles. The fourth-order valence-corrected chi connectivity index (χ4v) is 4.90. The molecule has 2 aliphatic rings. The molecule has 0 spiro atoms. The number of nitrogens with zero attached hydrogens (tertiary/aromatic N) is 4. The molecule has 3 rings (SSSR count). The van der Waals surface area contributed by atoms with Crippen molar-refractivity contribution in [2.24, 2.45) is 0 Å². The van der Waals surface area contributed by atoms with E-state index in [0.717, 1.165) is 16.4 Å². The summed E-state index contributed by atoms with van der Waals surface area (Å²) in [7, 11) is -4.17. The minimum Gasteiger partial charge on any atom is -0.339 e. The van der Waals surface area contributed by atoms with Crippen LogP contribution >= 0.6 is 0 Å². The molecular formula is C18H22F2N4O5S. The van der Waals surface area contributed by atoms with Crippen LogP contribution in [0.2, 0.25) is 0 Å². The summed E-state index contributed by atoms with van der Waals surface area (Å²) in [6.07, 6.45) is 0. The zero-order valence-electron chi connectivity index (χ0n) is 16.4. The molecule has 0 bridgehead atoms. The third-order valence-corrected chi connectivity index (χ3v) is 7.14. The van der Waals surface area contributed by atoms with Gasteiger partial charge in [0.2, 0.25) is 15.9 Å². The number of piperazine rings is 2. The van der Waals surface area contributed by atoms with Gasteiger partial charge in [0, 0.05) is 51.9 Å². The first-order valence-corrected chi connectivity index (χ1v) is 10.9. The number of sulfonamides is 1. The molecule has 2 aliphatic heterocycles. The van der Waals surface area contributed by atoms with Crippen LogP contribution in [0.1, 0.15) is 6.92 Å². The Morgan fingerprint density at radius 1 is 0.967 bits per heavy atom. The molecular weight excluding hydrogens is 422 g/mol. The fraction of sp³-hybridized carbons (Fsp3) is 0.500. The van der Waals surface area contributed by atoms with E-state index in [4.69, 9.17) is 0 Å². The highest BCUT2D eigenvalue weighted by atomic mass is 32.2. The first-order chi connectivity index (χ1) is 14.1. The van der Waals surface area contributed by atoms with E-state index in [0.29, 0.717) is 19.2 Å². The molecule has 1 aromatic rings. The summed E-state index contributed by atoms with van der Waals surface area (Å²) >= 11 is 0. The van der Waals surface area contributed by atoms with Gasteiger partial charge in [-0.2, -0.15) is 4.31 Å². The SMILES string of the molecule is CCN1CCN(CC(=O)N2CCN(S(=O)(=O)c3ccc(F)cc3F)CC2)C(=O)C1=O. The predicted octanol–water partition coefficient (Wildman–Crippen LogP) is -0.512. The highest BCUT2D eigenvalue weighted by Gasteiger charge is 2.35. The van der Waals surface area contributed by atoms with Crippen LogP contribution in [0.5, 0.6) is 0 Å². The zero-order chi connectivity index (χ0) is 22.1. The zero-order valence-corrected chi connectivity index (χ0v) is 17.2. The lowest BCUT2D eigenvalue weighted by Crippen LogP contribution is -2.58. The Labute approximate surface area is 172 Å². The Bertz CT molecular complexity index is 963. The van der Waals surface area contributed by atoms with Gasteiger partial charge >= 0.3 is 11.8 Å².